The standard InChI is InChI=1S/C19H21NO4/c1-12-8-13(2)18(14(3)9-12)19(22)24-11-17(21)20-15-6-5-7-16(10-15)23-4/h5-10H,11H2,1-4H3,(H,20,21). The third kappa shape index (κ3) is 4.35. The molecule has 0 aromatic heterocycles. The lowest BCUT2D eigenvalue weighted by Gasteiger charge is -2.11. The topological polar surface area (TPSA) is 64.6 Å². The van der Waals surface area contributed by atoms with E-state index in [1.54, 1.807) is 31.4 Å². The van der Waals surface area contributed by atoms with Crippen LogP contribution in [0.3, 0.4) is 0 Å². The fourth-order valence-electron chi connectivity index (χ4n) is 2.60. The fourth-order valence-corrected chi connectivity index (χ4v) is 2.60. The molecule has 0 saturated carbocycles. The van der Waals surface area contributed by atoms with Crippen LogP contribution in [0.5, 0.6) is 5.75 Å². The third-order valence-electron chi connectivity index (χ3n) is 3.57. The average molecular weight is 327 g/mol. The minimum Gasteiger partial charge on any atom is -0.497 e. The molecule has 1 amide bonds. The molecule has 2 aromatic carbocycles. The number of benzene rings is 2. The molecule has 0 aliphatic heterocycles. The Morgan fingerprint density at radius 1 is 1.04 bits per heavy atom. The quantitative estimate of drug-likeness (QED) is 0.855. The average Bonchev–Trinajstić information content (AvgIpc) is 2.52. The summed E-state index contributed by atoms with van der Waals surface area (Å²) in [6, 6.07) is 10.8. The van der Waals surface area contributed by atoms with Crippen molar-refractivity contribution in [2.45, 2.75) is 20.8 Å². The highest BCUT2D eigenvalue weighted by molar-refractivity contribution is 5.97. The number of hydrogen-bond acceptors (Lipinski definition) is 4. The van der Waals surface area contributed by atoms with E-state index in [-0.39, 0.29) is 6.61 Å². The molecule has 2 aromatic rings. The van der Waals surface area contributed by atoms with Crippen LogP contribution in [0.15, 0.2) is 36.4 Å². The van der Waals surface area contributed by atoms with Gasteiger partial charge >= 0.3 is 5.97 Å². The van der Waals surface area contributed by atoms with Crippen LogP contribution < -0.4 is 10.1 Å². The summed E-state index contributed by atoms with van der Waals surface area (Å²) in [4.78, 5) is 24.2. The Morgan fingerprint density at radius 2 is 1.71 bits per heavy atom. The number of anilines is 1. The smallest absolute Gasteiger partial charge is 0.339 e. The van der Waals surface area contributed by atoms with Crippen molar-refractivity contribution in [3.8, 4) is 5.75 Å². The van der Waals surface area contributed by atoms with Gasteiger partial charge in [0, 0.05) is 11.8 Å². The van der Waals surface area contributed by atoms with Crippen molar-refractivity contribution in [3.63, 3.8) is 0 Å². The number of rotatable bonds is 5. The minimum absolute atomic E-state index is 0.344. The molecule has 0 aliphatic carbocycles. The van der Waals surface area contributed by atoms with E-state index in [0.717, 1.165) is 16.7 Å². The maximum atomic E-state index is 12.2. The first-order valence-corrected chi connectivity index (χ1v) is 7.59. The summed E-state index contributed by atoms with van der Waals surface area (Å²) in [5.41, 5.74) is 3.85. The molecule has 0 spiro atoms. The molecule has 0 fully saturated rings. The van der Waals surface area contributed by atoms with Crippen LogP contribution in [-0.2, 0) is 9.53 Å². The van der Waals surface area contributed by atoms with Gasteiger partial charge in [0.25, 0.3) is 5.91 Å². The number of hydrogen-bond donors (Lipinski definition) is 1. The van der Waals surface area contributed by atoms with E-state index in [1.165, 1.54) is 0 Å². The molecule has 0 heterocycles. The molecule has 5 heteroatoms. The summed E-state index contributed by atoms with van der Waals surface area (Å²) in [6.07, 6.45) is 0. The van der Waals surface area contributed by atoms with Gasteiger partial charge in [-0.25, -0.2) is 4.79 Å². The van der Waals surface area contributed by atoms with Gasteiger partial charge in [-0.05, 0) is 44.0 Å². The van der Waals surface area contributed by atoms with E-state index < -0.39 is 11.9 Å². The predicted molar refractivity (Wildman–Crippen MR) is 92.6 cm³/mol. The van der Waals surface area contributed by atoms with Gasteiger partial charge < -0.3 is 14.8 Å². The molecule has 5 nitrogen and oxygen atoms in total. The van der Waals surface area contributed by atoms with E-state index in [1.807, 2.05) is 32.9 Å². The lowest BCUT2D eigenvalue weighted by atomic mass is 10.00. The van der Waals surface area contributed by atoms with Gasteiger partial charge in [0.1, 0.15) is 5.75 Å². The summed E-state index contributed by atoms with van der Waals surface area (Å²) >= 11 is 0. The molecule has 0 aliphatic rings. The Kier molecular flexibility index (Phi) is 5.58. The highest BCUT2D eigenvalue weighted by Gasteiger charge is 2.16. The highest BCUT2D eigenvalue weighted by atomic mass is 16.5. The number of methoxy groups -OCH3 is 1. The normalized spacial score (nSPS) is 10.2. The van der Waals surface area contributed by atoms with Crippen molar-refractivity contribution in [3.05, 3.63) is 58.7 Å². The number of aryl methyl sites for hydroxylation is 3. The second-order valence-corrected chi connectivity index (χ2v) is 5.63. The van der Waals surface area contributed by atoms with Gasteiger partial charge in [0.2, 0.25) is 0 Å². The summed E-state index contributed by atoms with van der Waals surface area (Å²) in [5.74, 6) is -0.263. The monoisotopic (exact) mass is 327 g/mol. The van der Waals surface area contributed by atoms with Gasteiger partial charge in [-0.3, -0.25) is 4.79 Å². The van der Waals surface area contributed by atoms with Crippen molar-refractivity contribution in [2.75, 3.05) is 19.0 Å². The Bertz CT molecular complexity index is 745. The number of esters is 1. The Hall–Kier alpha value is -2.82. The molecule has 24 heavy (non-hydrogen) atoms. The van der Waals surface area contributed by atoms with Crippen LogP contribution in [0.4, 0.5) is 5.69 Å². The zero-order chi connectivity index (χ0) is 17.7. The molecule has 126 valence electrons. The molecule has 1 N–H and O–H groups in total. The van der Waals surface area contributed by atoms with Gasteiger partial charge in [0.15, 0.2) is 6.61 Å². The number of amides is 1. The van der Waals surface area contributed by atoms with Gasteiger partial charge in [-0.1, -0.05) is 23.8 Å². The fraction of sp³-hybridized carbons (Fsp3) is 0.263. The SMILES string of the molecule is COc1cccc(NC(=O)COC(=O)c2c(C)cc(C)cc2C)c1. The zero-order valence-electron chi connectivity index (χ0n) is 14.3. The summed E-state index contributed by atoms with van der Waals surface area (Å²) in [7, 11) is 1.55. The molecular formula is C19H21NO4. The minimum atomic E-state index is -0.495. The first-order valence-electron chi connectivity index (χ1n) is 7.59. The van der Waals surface area contributed by atoms with Crippen LogP contribution in [0.25, 0.3) is 0 Å². The second kappa shape index (κ2) is 7.64. The largest absolute Gasteiger partial charge is 0.497 e. The molecule has 0 radical (unpaired) electrons. The Labute approximate surface area is 141 Å². The van der Waals surface area contributed by atoms with Gasteiger partial charge in [0.05, 0.1) is 12.7 Å². The highest BCUT2D eigenvalue weighted by Crippen LogP contribution is 2.18. The molecule has 2 rings (SSSR count). The molecule has 0 bridgehead atoms. The van der Waals surface area contributed by atoms with Crippen LogP contribution in [0, 0.1) is 20.8 Å². The summed E-state index contributed by atoms with van der Waals surface area (Å²) < 4.78 is 10.2. The van der Waals surface area contributed by atoms with E-state index in [2.05, 4.69) is 5.32 Å². The summed E-state index contributed by atoms with van der Waals surface area (Å²) in [6.45, 7) is 5.33. The Balaban J connectivity index is 1.97. The number of carbonyl (C=O) groups excluding carboxylic acids is 2. The molecule has 0 unspecified atom stereocenters. The zero-order valence-corrected chi connectivity index (χ0v) is 14.3. The number of ether oxygens (including phenoxy) is 2. The number of nitrogens with one attached hydrogen (secondary N) is 1. The van der Waals surface area contributed by atoms with Crippen molar-refractivity contribution in [1.82, 2.24) is 0 Å². The maximum absolute atomic E-state index is 12.2. The molecule has 0 saturated heterocycles. The van der Waals surface area contributed by atoms with Crippen molar-refractivity contribution in [2.24, 2.45) is 0 Å². The lowest BCUT2D eigenvalue weighted by molar-refractivity contribution is -0.119. The second-order valence-electron chi connectivity index (χ2n) is 5.63. The van der Waals surface area contributed by atoms with Gasteiger partial charge in [-0.2, -0.15) is 0 Å². The maximum Gasteiger partial charge on any atom is 0.339 e. The van der Waals surface area contributed by atoms with E-state index >= 15 is 0 Å². The van der Waals surface area contributed by atoms with Crippen molar-refractivity contribution < 1.29 is 19.1 Å². The first-order chi connectivity index (χ1) is 11.4. The van der Waals surface area contributed by atoms with Crippen molar-refractivity contribution >= 4 is 17.6 Å². The molecular weight excluding hydrogens is 306 g/mol. The van der Waals surface area contributed by atoms with E-state index in [4.69, 9.17) is 9.47 Å². The van der Waals surface area contributed by atoms with Crippen molar-refractivity contribution in [1.29, 1.82) is 0 Å². The summed E-state index contributed by atoms with van der Waals surface area (Å²) in [5, 5.41) is 2.67. The van der Waals surface area contributed by atoms with Crippen LogP contribution in [0.2, 0.25) is 0 Å². The first kappa shape index (κ1) is 17.5. The number of carbonyl (C=O) groups is 2. The third-order valence-corrected chi connectivity index (χ3v) is 3.57. The lowest BCUT2D eigenvalue weighted by Crippen LogP contribution is -2.21. The van der Waals surface area contributed by atoms with Crippen LogP contribution in [0.1, 0.15) is 27.0 Å². The van der Waals surface area contributed by atoms with E-state index in [0.29, 0.717) is 17.0 Å². The van der Waals surface area contributed by atoms with E-state index in [9.17, 15) is 9.59 Å². The Morgan fingerprint density at radius 3 is 2.33 bits per heavy atom. The molecule has 0 atom stereocenters. The van der Waals surface area contributed by atoms with Crippen LogP contribution in [-0.4, -0.2) is 25.6 Å². The van der Waals surface area contributed by atoms with Crippen LogP contribution >= 0.6 is 0 Å². The van der Waals surface area contributed by atoms with Gasteiger partial charge in [-0.15, -0.1) is 0 Å². The predicted octanol–water partition coefficient (Wildman–Crippen LogP) is 3.42.